The number of imidazole rings is 1. The van der Waals surface area contributed by atoms with Crippen LogP contribution in [0.3, 0.4) is 0 Å². The Morgan fingerprint density at radius 1 is 1.12 bits per heavy atom. The summed E-state index contributed by atoms with van der Waals surface area (Å²) in [4.78, 5) is 22.6. The first kappa shape index (κ1) is 20.7. The number of hydrogen-bond acceptors (Lipinski definition) is 4. The van der Waals surface area contributed by atoms with Gasteiger partial charge < -0.3 is 24.7 Å². The fraction of sp³-hybridized carbons (Fsp3) is 0.440. The van der Waals surface area contributed by atoms with Crippen LogP contribution in [0, 0.1) is 0 Å². The number of amides is 2. The first-order chi connectivity index (χ1) is 15.6. The van der Waals surface area contributed by atoms with E-state index in [2.05, 4.69) is 22.4 Å². The molecule has 0 bridgehead atoms. The van der Waals surface area contributed by atoms with Gasteiger partial charge in [0.2, 0.25) is 0 Å². The van der Waals surface area contributed by atoms with Gasteiger partial charge in [0, 0.05) is 19.0 Å². The van der Waals surface area contributed by atoms with E-state index in [1.54, 1.807) is 7.11 Å². The highest BCUT2D eigenvalue weighted by atomic mass is 16.5. The molecule has 1 aromatic heterocycles. The molecule has 5 rings (SSSR count). The number of benzene rings is 2. The van der Waals surface area contributed by atoms with Crippen LogP contribution >= 0.6 is 0 Å². The van der Waals surface area contributed by atoms with Crippen molar-refractivity contribution in [2.24, 2.45) is 0 Å². The number of urea groups is 1. The lowest BCUT2D eigenvalue weighted by Gasteiger charge is -2.36. The van der Waals surface area contributed by atoms with Crippen LogP contribution in [0.15, 0.2) is 42.5 Å². The maximum absolute atomic E-state index is 12.7. The number of nitrogens with zero attached hydrogens (tertiary/aromatic N) is 2. The zero-order valence-electron chi connectivity index (χ0n) is 18.6. The second-order valence-electron chi connectivity index (χ2n) is 8.79. The highest BCUT2D eigenvalue weighted by molar-refractivity contribution is 5.77. The lowest BCUT2D eigenvalue weighted by Crippen LogP contribution is -2.51. The summed E-state index contributed by atoms with van der Waals surface area (Å²) >= 11 is 0. The molecule has 2 aromatic carbocycles. The summed E-state index contributed by atoms with van der Waals surface area (Å²) in [6.45, 7) is 3.22. The summed E-state index contributed by atoms with van der Waals surface area (Å²) < 4.78 is 11.8. The van der Waals surface area contributed by atoms with E-state index in [0.717, 1.165) is 46.8 Å². The van der Waals surface area contributed by atoms with Crippen molar-refractivity contribution in [3.05, 3.63) is 53.9 Å². The predicted octanol–water partition coefficient (Wildman–Crippen LogP) is 4.76. The van der Waals surface area contributed by atoms with Gasteiger partial charge in [-0.15, -0.1) is 0 Å². The quantitative estimate of drug-likeness (QED) is 0.586. The number of H-pyrrole nitrogens is 1. The minimum absolute atomic E-state index is 0.0647. The third-order valence-electron chi connectivity index (χ3n) is 6.70. The van der Waals surface area contributed by atoms with E-state index in [0.29, 0.717) is 13.1 Å². The SMILES string of the molecule is COc1ccc(C2CNC(=O)N(C(C)c3nc4ccccc4[nH]3)C2)cc1OC1CCCC1. The number of para-hydroxylation sites is 2. The molecule has 2 heterocycles. The Morgan fingerprint density at radius 2 is 1.94 bits per heavy atom. The molecule has 0 radical (unpaired) electrons. The Balaban J connectivity index is 1.37. The lowest BCUT2D eigenvalue weighted by molar-refractivity contribution is 0.156. The Kier molecular flexibility index (Phi) is 5.64. The van der Waals surface area contributed by atoms with Crippen molar-refractivity contribution >= 4 is 17.1 Å². The molecule has 1 saturated heterocycles. The zero-order chi connectivity index (χ0) is 22.1. The van der Waals surface area contributed by atoms with Gasteiger partial charge in [0.1, 0.15) is 5.82 Å². The molecule has 0 spiro atoms. The van der Waals surface area contributed by atoms with Crippen LogP contribution < -0.4 is 14.8 Å². The molecule has 168 valence electrons. The van der Waals surface area contributed by atoms with E-state index < -0.39 is 0 Å². The van der Waals surface area contributed by atoms with E-state index in [1.165, 1.54) is 12.8 Å². The zero-order valence-corrected chi connectivity index (χ0v) is 18.6. The van der Waals surface area contributed by atoms with Crippen molar-refractivity contribution in [3.8, 4) is 11.5 Å². The van der Waals surface area contributed by atoms with E-state index in [-0.39, 0.29) is 24.1 Å². The third-order valence-corrected chi connectivity index (χ3v) is 6.70. The van der Waals surface area contributed by atoms with Gasteiger partial charge in [0.15, 0.2) is 11.5 Å². The van der Waals surface area contributed by atoms with Crippen molar-refractivity contribution in [2.45, 2.75) is 50.7 Å². The van der Waals surface area contributed by atoms with Gasteiger partial charge in [0.25, 0.3) is 0 Å². The van der Waals surface area contributed by atoms with Gasteiger partial charge in [0.05, 0.1) is 30.3 Å². The van der Waals surface area contributed by atoms with Crippen LogP contribution in [0.4, 0.5) is 4.79 Å². The monoisotopic (exact) mass is 434 g/mol. The molecule has 2 unspecified atom stereocenters. The molecule has 32 heavy (non-hydrogen) atoms. The van der Waals surface area contributed by atoms with E-state index in [1.807, 2.05) is 42.2 Å². The number of aromatic nitrogens is 2. The number of aromatic amines is 1. The Hall–Kier alpha value is -3.22. The maximum Gasteiger partial charge on any atom is 0.318 e. The molecule has 2 atom stereocenters. The van der Waals surface area contributed by atoms with Crippen molar-refractivity contribution in [2.75, 3.05) is 20.2 Å². The van der Waals surface area contributed by atoms with Crippen LogP contribution in [-0.4, -0.2) is 47.2 Å². The summed E-state index contributed by atoms with van der Waals surface area (Å²) in [6.07, 6.45) is 4.88. The first-order valence-electron chi connectivity index (χ1n) is 11.5. The Bertz CT molecular complexity index is 1070. The second kappa shape index (κ2) is 8.73. The summed E-state index contributed by atoms with van der Waals surface area (Å²) in [5, 5.41) is 3.06. The number of carbonyl (C=O) groups is 1. The summed E-state index contributed by atoms with van der Waals surface area (Å²) in [7, 11) is 1.67. The van der Waals surface area contributed by atoms with Gasteiger partial charge in [-0.25, -0.2) is 9.78 Å². The third kappa shape index (κ3) is 3.99. The standard InChI is InChI=1S/C25H30N4O3/c1-16(24-27-20-9-5-6-10-21(20)28-24)29-15-18(14-26-25(29)30)17-11-12-22(31-2)23(13-17)32-19-7-3-4-8-19/h5-6,9-13,16,18-19H,3-4,7-8,14-15H2,1-2H3,(H,26,30)(H,27,28). The number of hydrogen-bond donors (Lipinski definition) is 2. The van der Waals surface area contributed by atoms with Gasteiger partial charge in [-0.3, -0.25) is 0 Å². The molecule has 2 fully saturated rings. The molecule has 1 aliphatic carbocycles. The second-order valence-corrected chi connectivity index (χ2v) is 8.79. The van der Waals surface area contributed by atoms with Crippen LogP contribution in [0.2, 0.25) is 0 Å². The Labute approximate surface area is 188 Å². The summed E-state index contributed by atoms with van der Waals surface area (Å²) in [5.41, 5.74) is 3.03. The van der Waals surface area contributed by atoms with Crippen molar-refractivity contribution in [1.29, 1.82) is 0 Å². The number of ether oxygens (including phenoxy) is 2. The van der Waals surface area contributed by atoms with Crippen molar-refractivity contribution < 1.29 is 14.3 Å². The topological polar surface area (TPSA) is 79.5 Å². The average molecular weight is 435 g/mol. The highest BCUT2D eigenvalue weighted by Crippen LogP contribution is 2.36. The molecule has 2 aliphatic rings. The van der Waals surface area contributed by atoms with Crippen LogP contribution in [0.1, 0.15) is 56.0 Å². The minimum atomic E-state index is -0.169. The van der Waals surface area contributed by atoms with E-state index in [9.17, 15) is 4.79 Å². The van der Waals surface area contributed by atoms with Crippen LogP contribution in [0.5, 0.6) is 11.5 Å². The van der Waals surface area contributed by atoms with Crippen LogP contribution in [-0.2, 0) is 0 Å². The lowest BCUT2D eigenvalue weighted by atomic mass is 9.95. The van der Waals surface area contributed by atoms with Crippen molar-refractivity contribution in [3.63, 3.8) is 0 Å². The largest absolute Gasteiger partial charge is 0.493 e. The predicted molar refractivity (Wildman–Crippen MR) is 123 cm³/mol. The molecular weight excluding hydrogens is 404 g/mol. The Morgan fingerprint density at radius 3 is 2.72 bits per heavy atom. The first-order valence-corrected chi connectivity index (χ1v) is 11.5. The normalized spacial score (nSPS) is 20.4. The van der Waals surface area contributed by atoms with Gasteiger partial charge in [-0.2, -0.15) is 0 Å². The summed E-state index contributed by atoms with van der Waals surface area (Å²) in [5.74, 6) is 2.50. The molecule has 1 saturated carbocycles. The van der Waals surface area contributed by atoms with Gasteiger partial charge in [-0.05, 0) is 62.4 Å². The fourth-order valence-corrected chi connectivity index (χ4v) is 4.80. The average Bonchev–Trinajstić information content (AvgIpc) is 3.48. The molecule has 2 amide bonds. The van der Waals surface area contributed by atoms with E-state index in [4.69, 9.17) is 14.5 Å². The maximum atomic E-state index is 12.7. The molecule has 1 aliphatic heterocycles. The number of rotatable bonds is 6. The van der Waals surface area contributed by atoms with E-state index >= 15 is 0 Å². The number of nitrogens with one attached hydrogen (secondary N) is 2. The molecule has 7 heteroatoms. The van der Waals surface area contributed by atoms with Gasteiger partial charge >= 0.3 is 6.03 Å². The number of methoxy groups -OCH3 is 1. The van der Waals surface area contributed by atoms with Gasteiger partial charge in [-0.1, -0.05) is 18.2 Å². The highest BCUT2D eigenvalue weighted by Gasteiger charge is 2.32. The fourth-order valence-electron chi connectivity index (χ4n) is 4.80. The smallest absolute Gasteiger partial charge is 0.318 e. The number of fused-ring (bicyclic) bond motifs is 1. The minimum Gasteiger partial charge on any atom is -0.493 e. The summed E-state index contributed by atoms with van der Waals surface area (Å²) in [6, 6.07) is 13.8. The molecule has 3 aromatic rings. The molecule has 2 N–H and O–H groups in total. The number of carbonyl (C=O) groups excluding carboxylic acids is 1. The molecular formula is C25H30N4O3. The van der Waals surface area contributed by atoms with Crippen molar-refractivity contribution in [1.82, 2.24) is 20.2 Å². The van der Waals surface area contributed by atoms with Crippen LogP contribution in [0.25, 0.3) is 11.0 Å². The molecule has 7 nitrogen and oxygen atoms in total.